The van der Waals surface area contributed by atoms with Crippen molar-refractivity contribution in [1.82, 2.24) is 5.32 Å². The van der Waals surface area contributed by atoms with Crippen LogP contribution in [-0.4, -0.2) is 17.3 Å². The molecule has 1 N–H and O–H groups in total. The molecule has 0 heterocycles. The lowest BCUT2D eigenvalue weighted by molar-refractivity contribution is -0.131. The summed E-state index contributed by atoms with van der Waals surface area (Å²) in [5.41, 5.74) is -0.0895. The van der Waals surface area contributed by atoms with Crippen molar-refractivity contribution in [2.45, 2.75) is 57.2 Å². The highest BCUT2D eigenvalue weighted by Gasteiger charge is 2.33. The van der Waals surface area contributed by atoms with Crippen LogP contribution in [-0.2, 0) is 4.79 Å². The molecule has 15 heavy (non-hydrogen) atoms. The summed E-state index contributed by atoms with van der Waals surface area (Å²) in [6.07, 6.45) is 6.83. The zero-order valence-electron chi connectivity index (χ0n) is 9.81. The van der Waals surface area contributed by atoms with Gasteiger partial charge >= 0.3 is 0 Å². The van der Waals surface area contributed by atoms with Crippen LogP contribution in [0.3, 0.4) is 0 Å². The standard InChI is InChI=1S/C12H22BrNO/c1-10(13)6-9-14-11(15)12(2)7-4-3-5-8-12/h10H,3-9H2,1-2H3,(H,14,15). The van der Waals surface area contributed by atoms with Crippen molar-refractivity contribution in [3.05, 3.63) is 0 Å². The van der Waals surface area contributed by atoms with Crippen molar-refractivity contribution in [3.8, 4) is 0 Å². The van der Waals surface area contributed by atoms with Crippen molar-refractivity contribution in [3.63, 3.8) is 0 Å². The number of carbonyl (C=O) groups excluding carboxylic acids is 1. The molecular weight excluding hydrogens is 254 g/mol. The molecular formula is C12H22BrNO. The van der Waals surface area contributed by atoms with Gasteiger partial charge in [0.25, 0.3) is 0 Å². The van der Waals surface area contributed by atoms with Crippen molar-refractivity contribution in [1.29, 1.82) is 0 Å². The van der Waals surface area contributed by atoms with Crippen LogP contribution in [0.5, 0.6) is 0 Å². The van der Waals surface area contributed by atoms with E-state index in [0.717, 1.165) is 25.8 Å². The molecule has 0 spiro atoms. The summed E-state index contributed by atoms with van der Waals surface area (Å²) in [4.78, 5) is 12.5. The third-order valence-corrected chi connectivity index (χ3v) is 3.79. The Kier molecular flexibility index (Phi) is 5.10. The van der Waals surface area contributed by atoms with Crippen LogP contribution < -0.4 is 5.32 Å². The first-order chi connectivity index (χ1) is 7.04. The number of rotatable bonds is 4. The van der Waals surface area contributed by atoms with Gasteiger partial charge in [-0.15, -0.1) is 0 Å². The third kappa shape index (κ3) is 4.13. The fourth-order valence-corrected chi connectivity index (χ4v) is 2.39. The normalized spacial score (nSPS) is 22.1. The quantitative estimate of drug-likeness (QED) is 0.785. The zero-order chi connectivity index (χ0) is 11.3. The molecule has 2 nitrogen and oxygen atoms in total. The van der Waals surface area contributed by atoms with Crippen molar-refractivity contribution < 1.29 is 4.79 Å². The number of hydrogen-bond acceptors (Lipinski definition) is 1. The first kappa shape index (κ1) is 13.0. The van der Waals surface area contributed by atoms with E-state index >= 15 is 0 Å². The van der Waals surface area contributed by atoms with Crippen LogP contribution >= 0.6 is 15.9 Å². The van der Waals surface area contributed by atoms with Gasteiger partial charge in [-0.05, 0) is 19.3 Å². The van der Waals surface area contributed by atoms with Gasteiger partial charge in [0.15, 0.2) is 0 Å². The molecule has 0 aromatic carbocycles. The average Bonchev–Trinajstić information content (AvgIpc) is 2.18. The second-order valence-corrected chi connectivity index (χ2v) is 6.51. The van der Waals surface area contributed by atoms with E-state index in [4.69, 9.17) is 0 Å². The number of amides is 1. The largest absolute Gasteiger partial charge is 0.356 e. The van der Waals surface area contributed by atoms with E-state index in [1.807, 2.05) is 0 Å². The summed E-state index contributed by atoms with van der Waals surface area (Å²) in [7, 11) is 0. The zero-order valence-corrected chi connectivity index (χ0v) is 11.4. The first-order valence-corrected chi connectivity index (χ1v) is 6.88. The molecule has 1 saturated carbocycles. The molecule has 0 aliphatic heterocycles. The van der Waals surface area contributed by atoms with E-state index in [-0.39, 0.29) is 11.3 Å². The molecule has 0 bridgehead atoms. The van der Waals surface area contributed by atoms with E-state index in [1.165, 1.54) is 19.3 Å². The summed E-state index contributed by atoms with van der Waals surface area (Å²) in [6, 6.07) is 0. The second-order valence-electron chi connectivity index (χ2n) is 4.95. The lowest BCUT2D eigenvalue weighted by atomic mass is 9.75. The molecule has 1 amide bonds. The molecule has 0 aromatic rings. The molecule has 1 rings (SSSR count). The SMILES string of the molecule is CC(Br)CCNC(=O)C1(C)CCCCC1. The van der Waals surface area contributed by atoms with Gasteiger partial charge in [0.2, 0.25) is 5.91 Å². The lowest BCUT2D eigenvalue weighted by Gasteiger charge is -2.32. The minimum Gasteiger partial charge on any atom is -0.356 e. The summed E-state index contributed by atoms with van der Waals surface area (Å²) >= 11 is 3.48. The van der Waals surface area contributed by atoms with E-state index in [1.54, 1.807) is 0 Å². The maximum atomic E-state index is 12.0. The minimum absolute atomic E-state index is 0.0895. The van der Waals surface area contributed by atoms with Gasteiger partial charge in [-0.1, -0.05) is 49.0 Å². The van der Waals surface area contributed by atoms with Crippen LogP contribution in [0, 0.1) is 5.41 Å². The topological polar surface area (TPSA) is 29.1 Å². The number of alkyl halides is 1. The fourth-order valence-electron chi connectivity index (χ4n) is 2.16. The predicted molar refractivity (Wildman–Crippen MR) is 67.2 cm³/mol. The average molecular weight is 276 g/mol. The van der Waals surface area contributed by atoms with Gasteiger partial charge in [-0.3, -0.25) is 4.79 Å². The van der Waals surface area contributed by atoms with Gasteiger partial charge in [0.05, 0.1) is 0 Å². The molecule has 0 radical (unpaired) electrons. The van der Waals surface area contributed by atoms with Crippen molar-refractivity contribution in [2.75, 3.05) is 6.54 Å². The maximum absolute atomic E-state index is 12.0. The Morgan fingerprint density at radius 1 is 1.40 bits per heavy atom. The maximum Gasteiger partial charge on any atom is 0.225 e. The molecule has 1 atom stereocenters. The highest BCUT2D eigenvalue weighted by atomic mass is 79.9. The lowest BCUT2D eigenvalue weighted by Crippen LogP contribution is -2.40. The number of halogens is 1. The summed E-state index contributed by atoms with van der Waals surface area (Å²) in [6.45, 7) is 5.01. The van der Waals surface area contributed by atoms with Crippen LogP contribution in [0.25, 0.3) is 0 Å². The van der Waals surface area contributed by atoms with Crippen molar-refractivity contribution >= 4 is 21.8 Å². The summed E-state index contributed by atoms with van der Waals surface area (Å²) in [5.74, 6) is 0.260. The molecule has 0 aromatic heterocycles. The number of hydrogen-bond donors (Lipinski definition) is 1. The molecule has 3 heteroatoms. The number of carbonyl (C=O) groups is 1. The summed E-state index contributed by atoms with van der Waals surface area (Å²) < 4.78 is 0. The molecule has 0 saturated heterocycles. The van der Waals surface area contributed by atoms with Crippen LogP contribution in [0.15, 0.2) is 0 Å². The Hall–Kier alpha value is -0.0500. The Balaban J connectivity index is 2.31. The highest BCUT2D eigenvalue weighted by molar-refractivity contribution is 9.09. The van der Waals surface area contributed by atoms with E-state index in [2.05, 4.69) is 35.1 Å². The fraction of sp³-hybridized carbons (Fsp3) is 0.917. The number of nitrogens with one attached hydrogen (secondary N) is 1. The monoisotopic (exact) mass is 275 g/mol. The van der Waals surface area contributed by atoms with Crippen LogP contribution in [0.2, 0.25) is 0 Å². The Labute approximate surface area is 101 Å². The van der Waals surface area contributed by atoms with Crippen molar-refractivity contribution in [2.24, 2.45) is 5.41 Å². The van der Waals surface area contributed by atoms with Gasteiger partial charge in [0, 0.05) is 16.8 Å². The molecule has 1 aliphatic carbocycles. The van der Waals surface area contributed by atoms with Crippen LogP contribution in [0.1, 0.15) is 52.4 Å². The minimum atomic E-state index is -0.0895. The van der Waals surface area contributed by atoms with Gasteiger partial charge in [0.1, 0.15) is 0 Å². The Bertz CT molecular complexity index is 210. The Morgan fingerprint density at radius 2 is 2.00 bits per heavy atom. The molecule has 1 aliphatic rings. The third-order valence-electron chi connectivity index (χ3n) is 3.33. The molecule has 1 fully saturated rings. The van der Waals surface area contributed by atoms with Gasteiger partial charge < -0.3 is 5.32 Å². The van der Waals surface area contributed by atoms with E-state index < -0.39 is 0 Å². The summed E-state index contributed by atoms with van der Waals surface area (Å²) in [5, 5.41) is 3.06. The van der Waals surface area contributed by atoms with Crippen LogP contribution in [0.4, 0.5) is 0 Å². The molecule has 88 valence electrons. The van der Waals surface area contributed by atoms with E-state index in [9.17, 15) is 4.79 Å². The molecule has 1 unspecified atom stereocenters. The van der Waals surface area contributed by atoms with E-state index in [0.29, 0.717) is 4.83 Å². The highest BCUT2D eigenvalue weighted by Crippen LogP contribution is 2.35. The second kappa shape index (κ2) is 5.88. The predicted octanol–water partition coefficient (Wildman–Crippen LogP) is 3.25. The smallest absolute Gasteiger partial charge is 0.225 e. The van der Waals surface area contributed by atoms with Gasteiger partial charge in [-0.2, -0.15) is 0 Å². The van der Waals surface area contributed by atoms with Gasteiger partial charge in [-0.25, -0.2) is 0 Å². The first-order valence-electron chi connectivity index (χ1n) is 5.97. The Morgan fingerprint density at radius 3 is 2.53 bits per heavy atom.